The average Bonchev–Trinajstić information content (AvgIpc) is 2.79. The van der Waals surface area contributed by atoms with Gasteiger partial charge < -0.3 is 4.90 Å². The zero-order valence-electron chi connectivity index (χ0n) is 15.6. The van der Waals surface area contributed by atoms with Gasteiger partial charge in [0.2, 0.25) is 0 Å². The van der Waals surface area contributed by atoms with E-state index >= 15 is 0 Å². The number of rotatable bonds is 6. The van der Waals surface area contributed by atoms with Crippen LogP contribution in [0.5, 0.6) is 0 Å². The molecule has 138 valence electrons. The van der Waals surface area contributed by atoms with Gasteiger partial charge in [0.05, 0.1) is 6.04 Å². The maximum atomic E-state index is 4.38. The van der Waals surface area contributed by atoms with Gasteiger partial charge >= 0.3 is 0 Å². The molecule has 0 atom stereocenters. The molecule has 0 aliphatic carbocycles. The third-order valence-corrected chi connectivity index (χ3v) is 5.35. The second kappa shape index (κ2) is 8.72. The molecular formula is C24H21N3S. The Balaban J connectivity index is 1.94. The Labute approximate surface area is 170 Å². The molecule has 0 spiro atoms. The molecule has 0 saturated heterocycles. The lowest BCUT2D eigenvalue weighted by atomic mass is 9.98. The first-order valence-electron chi connectivity index (χ1n) is 9.15. The molecule has 0 saturated carbocycles. The van der Waals surface area contributed by atoms with Crippen LogP contribution in [0.4, 0.5) is 11.4 Å². The SMILES string of the molecule is CSc1cccc(N(c2ccccc2)C(c2cccnc2)c2cccnc2)c1. The van der Waals surface area contributed by atoms with Crippen molar-refractivity contribution in [2.75, 3.05) is 11.2 Å². The van der Waals surface area contributed by atoms with E-state index in [1.54, 1.807) is 11.8 Å². The highest BCUT2D eigenvalue weighted by Gasteiger charge is 2.25. The highest BCUT2D eigenvalue weighted by molar-refractivity contribution is 7.98. The van der Waals surface area contributed by atoms with Gasteiger partial charge in [-0.25, -0.2) is 0 Å². The standard InChI is InChI=1S/C24H21N3S/c1-28-23-13-5-12-22(16-23)27(21-10-3-2-4-11-21)24(19-8-6-14-25-17-19)20-9-7-15-26-18-20/h2-18,24H,1H3. The van der Waals surface area contributed by atoms with Crippen LogP contribution < -0.4 is 4.90 Å². The minimum absolute atomic E-state index is 0.0399. The molecule has 2 heterocycles. The summed E-state index contributed by atoms with van der Waals surface area (Å²) in [6.07, 6.45) is 9.60. The molecule has 3 nitrogen and oxygen atoms in total. The number of pyridine rings is 2. The van der Waals surface area contributed by atoms with Gasteiger partial charge in [-0.05, 0) is 59.8 Å². The van der Waals surface area contributed by atoms with Crippen LogP contribution in [0.2, 0.25) is 0 Å². The van der Waals surface area contributed by atoms with Crippen LogP contribution in [-0.4, -0.2) is 16.2 Å². The minimum atomic E-state index is -0.0399. The van der Waals surface area contributed by atoms with Crippen molar-refractivity contribution in [1.29, 1.82) is 0 Å². The Morgan fingerprint density at radius 1 is 0.714 bits per heavy atom. The lowest BCUT2D eigenvalue weighted by Crippen LogP contribution is -2.25. The van der Waals surface area contributed by atoms with Crippen LogP contribution in [0.3, 0.4) is 0 Å². The van der Waals surface area contributed by atoms with E-state index in [2.05, 4.69) is 81.8 Å². The summed E-state index contributed by atoms with van der Waals surface area (Å²) in [6.45, 7) is 0. The molecular weight excluding hydrogens is 362 g/mol. The molecule has 0 aliphatic heterocycles. The van der Waals surface area contributed by atoms with Crippen molar-refractivity contribution in [3.05, 3.63) is 115 Å². The molecule has 0 radical (unpaired) electrons. The summed E-state index contributed by atoms with van der Waals surface area (Å²) < 4.78 is 0. The van der Waals surface area contributed by atoms with E-state index in [4.69, 9.17) is 0 Å². The largest absolute Gasteiger partial charge is 0.330 e. The molecule has 0 amide bonds. The molecule has 0 N–H and O–H groups in total. The number of hydrogen-bond acceptors (Lipinski definition) is 4. The van der Waals surface area contributed by atoms with Gasteiger partial charge in [-0.15, -0.1) is 11.8 Å². The van der Waals surface area contributed by atoms with Gasteiger partial charge in [0.15, 0.2) is 0 Å². The second-order valence-electron chi connectivity index (χ2n) is 6.38. The Morgan fingerprint density at radius 3 is 1.93 bits per heavy atom. The van der Waals surface area contributed by atoms with E-state index in [0.29, 0.717) is 0 Å². The van der Waals surface area contributed by atoms with E-state index in [1.165, 1.54) is 4.90 Å². The van der Waals surface area contributed by atoms with Crippen LogP contribution >= 0.6 is 11.8 Å². The molecule has 2 aromatic heterocycles. The number of benzene rings is 2. The predicted octanol–water partition coefficient (Wildman–Crippen LogP) is 6.13. The summed E-state index contributed by atoms with van der Waals surface area (Å²) in [5.74, 6) is 0. The molecule has 0 unspecified atom stereocenters. The number of anilines is 2. The van der Waals surface area contributed by atoms with Crippen LogP contribution in [0.25, 0.3) is 0 Å². The zero-order valence-corrected chi connectivity index (χ0v) is 16.5. The van der Waals surface area contributed by atoms with Gasteiger partial charge in [0, 0.05) is 41.1 Å². The fourth-order valence-corrected chi connectivity index (χ4v) is 3.82. The number of para-hydroxylation sites is 1. The lowest BCUT2D eigenvalue weighted by molar-refractivity contribution is 0.807. The number of thioether (sulfide) groups is 1. The Morgan fingerprint density at radius 2 is 1.36 bits per heavy atom. The molecule has 4 rings (SSSR count). The molecule has 0 fully saturated rings. The smallest absolute Gasteiger partial charge is 0.0874 e. The van der Waals surface area contributed by atoms with Gasteiger partial charge in [0.25, 0.3) is 0 Å². The third kappa shape index (κ3) is 3.92. The molecule has 0 bridgehead atoms. The van der Waals surface area contributed by atoms with Crippen molar-refractivity contribution in [3.8, 4) is 0 Å². The number of hydrogen-bond donors (Lipinski definition) is 0. The van der Waals surface area contributed by atoms with E-state index in [9.17, 15) is 0 Å². The quantitative estimate of drug-likeness (QED) is 0.375. The van der Waals surface area contributed by atoms with Crippen molar-refractivity contribution in [2.45, 2.75) is 10.9 Å². The number of nitrogens with zero attached hydrogens (tertiary/aromatic N) is 3. The first-order valence-corrected chi connectivity index (χ1v) is 10.4. The predicted molar refractivity (Wildman–Crippen MR) is 117 cm³/mol. The summed E-state index contributed by atoms with van der Waals surface area (Å²) in [5.41, 5.74) is 4.50. The fourth-order valence-electron chi connectivity index (χ4n) is 3.36. The van der Waals surface area contributed by atoms with Crippen LogP contribution in [0, 0.1) is 0 Å². The Kier molecular flexibility index (Phi) is 5.69. The summed E-state index contributed by atoms with van der Waals surface area (Å²) in [6, 6.07) is 27.3. The Hall–Kier alpha value is -3.11. The summed E-state index contributed by atoms with van der Waals surface area (Å²) in [5, 5.41) is 0. The number of aromatic nitrogens is 2. The fraction of sp³-hybridized carbons (Fsp3) is 0.0833. The van der Waals surface area contributed by atoms with Crippen molar-refractivity contribution in [3.63, 3.8) is 0 Å². The monoisotopic (exact) mass is 383 g/mol. The van der Waals surface area contributed by atoms with E-state index in [0.717, 1.165) is 22.5 Å². The molecule has 2 aromatic carbocycles. The summed E-state index contributed by atoms with van der Waals surface area (Å²) in [7, 11) is 0. The van der Waals surface area contributed by atoms with Crippen molar-refractivity contribution in [2.24, 2.45) is 0 Å². The normalized spacial score (nSPS) is 10.8. The van der Waals surface area contributed by atoms with Crippen molar-refractivity contribution in [1.82, 2.24) is 9.97 Å². The molecule has 4 aromatic rings. The van der Waals surface area contributed by atoms with Crippen LogP contribution in [0.15, 0.2) is 109 Å². The highest BCUT2D eigenvalue weighted by atomic mass is 32.2. The first-order chi connectivity index (χ1) is 13.9. The molecule has 4 heteroatoms. The Bertz CT molecular complexity index is 968. The summed E-state index contributed by atoms with van der Waals surface area (Å²) >= 11 is 1.75. The summed E-state index contributed by atoms with van der Waals surface area (Å²) in [4.78, 5) is 12.4. The maximum Gasteiger partial charge on any atom is 0.0874 e. The van der Waals surface area contributed by atoms with Crippen LogP contribution in [0.1, 0.15) is 17.2 Å². The third-order valence-electron chi connectivity index (χ3n) is 4.62. The first kappa shape index (κ1) is 18.3. The second-order valence-corrected chi connectivity index (χ2v) is 7.26. The van der Waals surface area contributed by atoms with Gasteiger partial charge in [0.1, 0.15) is 0 Å². The van der Waals surface area contributed by atoms with Crippen molar-refractivity contribution < 1.29 is 0 Å². The maximum absolute atomic E-state index is 4.38. The topological polar surface area (TPSA) is 29.0 Å². The average molecular weight is 384 g/mol. The van der Waals surface area contributed by atoms with E-state index in [-0.39, 0.29) is 6.04 Å². The zero-order chi connectivity index (χ0) is 19.2. The van der Waals surface area contributed by atoms with Crippen LogP contribution in [-0.2, 0) is 0 Å². The molecule has 28 heavy (non-hydrogen) atoms. The van der Waals surface area contributed by atoms with E-state index < -0.39 is 0 Å². The molecule has 0 aliphatic rings. The van der Waals surface area contributed by atoms with Crippen molar-refractivity contribution >= 4 is 23.1 Å². The van der Waals surface area contributed by atoms with E-state index in [1.807, 2.05) is 43.0 Å². The minimum Gasteiger partial charge on any atom is -0.330 e. The lowest BCUT2D eigenvalue weighted by Gasteiger charge is -2.34. The van der Waals surface area contributed by atoms with Gasteiger partial charge in [-0.2, -0.15) is 0 Å². The van der Waals surface area contributed by atoms with Gasteiger partial charge in [-0.3, -0.25) is 9.97 Å². The highest BCUT2D eigenvalue weighted by Crippen LogP contribution is 2.39. The van der Waals surface area contributed by atoms with Gasteiger partial charge in [-0.1, -0.05) is 36.4 Å².